The minimum absolute atomic E-state index is 0.817. The van der Waals surface area contributed by atoms with Crippen LogP contribution in [0.2, 0.25) is 0 Å². The number of hydrogen-bond acceptors (Lipinski definition) is 1. The van der Waals surface area contributed by atoms with Crippen molar-refractivity contribution in [2.45, 2.75) is 39.5 Å². The molecule has 2 N–H and O–H groups in total. The molecule has 0 rings (SSSR count). The van der Waals surface area contributed by atoms with Gasteiger partial charge in [-0.3, -0.25) is 0 Å². The van der Waals surface area contributed by atoms with Gasteiger partial charge in [-0.15, -0.1) is 0 Å². The highest BCUT2D eigenvalue weighted by Gasteiger charge is 1.86. The highest BCUT2D eigenvalue weighted by Crippen LogP contribution is 2.04. The van der Waals surface area contributed by atoms with Gasteiger partial charge in [-0.05, 0) is 32.7 Å². The Kier molecular flexibility index (Phi) is 6.61. The maximum Gasteiger partial charge on any atom is -0.00742 e. The first-order valence-corrected chi connectivity index (χ1v) is 4.17. The Morgan fingerprint density at radius 3 is 2.70 bits per heavy atom. The van der Waals surface area contributed by atoms with Crippen LogP contribution in [0, 0.1) is 0 Å². The Bertz CT molecular complexity index is 94.9. The van der Waals surface area contributed by atoms with Crippen LogP contribution in [0.1, 0.15) is 39.5 Å². The predicted molar refractivity (Wildman–Crippen MR) is 47.0 cm³/mol. The van der Waals surface area contributed by atoms with Crippen LogP contribution in [0.5, 0.6) is 0 Å². The molecule has 0 aliphatic carbocycles. The van der Waals surface area contributed by atoms with Gasteiger partial charge in [0.05, 0.1) is 0 Å². The van der Waals surface area contributed by atoms with Crippen molar-refractivity contribution in [2.24, 2.45) is 5.73 Å². The van der Waals surface area contributed by atoms with Gasteiger partial charge in [-0.25, -0.2) is 0 Å². The molecule has 60 valence electrons. The Morgan fingerprint density at radius 2 is 2.20 bits per heavy atom. The van der Waals surface area contributed by atoms with E-state index in [0.717, 1.165) is 13.0 Å². The average molecular weight is 141 g/mol. The quantitative estimate of drug-likeness (QED) is 0.585. The van der Waals surface area contributed by atoms with E-state index in [2.05, 4.69) is 19.9 Å². The molecule has 0 radical (unpaired) electrons. The summed E-state index contributed by atoms with van der Waals surface area (Å²) in [5.41, 5.74) is 6.87. The zero-order valence-electron chi connectivity index (χ0n) is 7.19. The van der Waals surface area contributed by atoms with Crippen molar-refractivity contribution in [3.8, 4) is 0 Å². The third-order valence-corrected chi connectivity index (χ3v) is 1.56. The van der Waals surface area contributed by atoms with Crippen LogP contribution in [0.3, 0.4) is 0 Å². The molecule has 0 aliphatic rings. The van der Waals surface area contributed by atoms with Gasteiger partial charge in [0.2, 0.25) is 0 Å². The molecule has 0 saturated carbocycles. The molecule has 1 nitrogen and oxygen atoms in total. The molecule has 0 unspecified atom stereocenters. The van der Waals surface area contributed by atoms with Gasteiger partial charge in [0.15, 0.2) is 0 Å². The topological polar surface area (TPSA) is 26.0 Å². The van der Waals surface area contributed by atoms with Crippen molar-refractivity contribution in [3.05, 3.63) is 11.6 Å². The SMILES string of the molecule is CCC/C=C(\C)CCCN. The fourth-order valence-corrected chi connectivity index (χ4v) is 0.874. The van der Waals surface area contributed by atoms with Crippen LogP contribution in [-0.4, -0.2) is 6.54 Å². The van der Waals surface area contributed by atoms with Crippen molar-refractivity contribution in [3.63, 3.8) is 0 Å². The van der Waals surface area contributed by atoms with Crippen LogP contribution in [0.15, 0.2) is 11.6 Å². The van der Waals surface area contributed by atoms with Crippen LogP contribution in [0.4, 0.5) is 0 Å². The Labute approximate surface area is 64.3 Å². The molecule has 0 aromatic carbocycles. The van der Waals surface area contributed by atoms with E-state index in [1.54, 1.807) is 0 Å². The molecule has 0 atom stereocenters. The van der Waals surface area contributed by atoms with E-state index in [0.29, 0.717) is 0 Å². The summed E-state index contributed by atoms with van der Waals surface area (Å²) < 4.78 is 0. The lowest BCUT2D eigenvalue weighted by atomic mass is 10.1. The molecule has 0 aliphatic heterocycles. The van der Waals surface area contributed by atoms with E-state index < -0.39 is 0 Å². The molecular formula is C9H19N. The summed E-state index contributed by atoms with van der Waals surface area (Å²) in [6, 6.07) is 0. The smallest absolute Gasteiger partial charge is 0.00742 e. The van der Waals surface area contributed by atoms with Crippen molar-refractivity contribution in [1.29, 1.82) is 0 Å². The highest BCUT2D eigenvalue weighted by molar-refractivity contribution is 4.97. The summed E-state index contributed by atoms with van der Waals surface area (Å²) in [7, 11) is 0. The maximum atomic E-state index is 5.38. The van der Waals surface area contributed by atoms with E-state index in [-0.39, 0.29) is 0 Å². The summed E-state index contributed by atoms with van der Waals surface area (Å²) in [6.45, 7) is 5.20. The van der Waals surface area contributed by atoms with Gasteiger partial charge in [0, 0.05) is 0 Å². The zero-order valence-corrected chi connectivity index (χ0v) is 7.19. The minimum Gasteiger partial charge on any atom is -0.330 e. The Morgan fingerprint density at radius 1 is 1.50 bits per heavy atom. The summed E-state index contributed by atoms with van der Waals surface area (Å²) in [6.07, 6.45) is 7.09. The van der Waals surface area contributed by atoms with Crippen molar-refractivity contribution in [1.82, 2.24) is 0 Å². The lowest BCUT2D eigenvalue weighted by molar-refractivity contribution is 0.813. The fourth-order valence-electron chi connectivity index (χ4n) is 0.874. The highest BCUT2D eigenvalue weighted by atomic mass is 14.5. The largest absolute Gasteiger partial charge is 0.330 e. The first-order valence-electron chi connectivity index (χ1n) is 4.17. The molecule has 0 bridgehead atoms. The number of unbranched alkanes of at least 4 members (excludes halogenated alkanes) is 1. The average Bonchev–Trinajstić information content (AvgIpc) is 1.97. The van der Waals surface area contributed by atoms with Gasteiger partial charge in [-0.1, -0.05) is 25.0 Å². The van der Waals surface area contributed by atoms with Gasteiger partial charge >= 0.3 is 0 Å². The molecular weight excluding hydrogens is 122 g/mol. The van der Waals surface area contributed by atoms with Gasteiger partial charge in [-0.2, -0.15) is 0 Å². The fraction of sp³-hybridized carbons (Fsp3) is 0.778. The predicted octanol–water partition coefficient (Wildman–Crippen LogP) is 2.47. The Hall–Kier alpha value is -0.300. The molecule has 1 heteroatoms. The normalized spacial score (nSPS) is 12.1. The van der Waals surface area contributed by atoms with Gasteiger partial charge in [0.1, 0.15) is 0 Å². The van der Waals surface area contributed by atoms with Gasteiger partial charge in [0.25, 0.3) is 0 Å². The molecule has 0 spiro atoms. The second-order valence-electron chi connectivity index (χ2n) is 2.73. The van der Waals surface area contributed by atoms with Crippen molar-refractivity contribution >= 4 is 0 Å². The minimum atomic E-state index is 0.817. The third kappa shape index (κ3) is 5.83. The first-order chi connectivity index (χ1) is 4.81. The van der Waals surface area contributed by atoms with Gasteiger partial charge < -0.3 is 5.73 Å². The molecule has 0 aromatic heterocycles. The zero-order chi connectivity index (χ0) is 7.82. The summed E-state index contributed by atoms with van der Waals surface area (Å²) in [5, 5.41) is 0. The van der Waals surface area contributed by atoms with Crippen LogP contribution >= 0.6 is 0 Å². The standard InChI is InChI=1S/C9H19N/c1-3-4-6-9(2)7-5-8-10/h6H,3-5,7-8,10H2,1-2H3/b9-6+. The number of allylic oxidation sites excluding steroid dienone is 2. The lowest BCUT2D eigenvalue weighted by Crippen LogP contribution is -1.97. The van der Waals surface area contributed by atoms with Crippen molar-refractivity contribution in [2.75, 3.05) is 6.54 Å². The van der Waals surface area contributed by atoms with E-state index in [9.17, 15) is 0 Å². The number of rotatable bonds is 5. The number of nitrogens with two attached hydrogens (primary N) is 1. The van der Waals surface area contributed by atoms with Crippen LogP contribution in [-0.2, 0) is 0 Å². The maximum absolute atomic E-state index is 5.38. The monoisotopic (exact) mass is 141 g/mol. The first kappa shape index (κ1) is 9.70. The Balaban J connectivity index is 3.30. The van der Waals surface area contributed by atoms with E-state index in [1.165, 1.54) is 24.8 Å². The summed E-state index contributed by atoms with van der Waals surface area (Å²) in [5.74, 6) is 0. The second kappa shape index (κ2) is 6.81. The summed E-state index contributed by atoms with van der Waals surface area (Å²) >= 11 is 0. The van der Waals surface area contributed by atoms with Crippen LogP contribution in [0.25, 0.3) is 0 Å². The van der Waals surface area contributed by atoms with E-state index in [1.807, 2.05) is 0 Å². The molecule has 0 heterocycles. The molecule has 0 amide bonds. The van der Waals surface area contributed by atoms with Crippen molar-refractivity contribution < 1.29 is 0 Å². The van der Waals surface area contributed by atoms with E-state index >= 15 is 0 Å². The summed E-state index contributed by atoms with van der Waals surface area (Å²) in [4.78, 5) is 0. The molecule has 0 fully saturated rings. The molecule has 0 aromatic rings. The van der Waals surface area contributed by atoms with Crippen LogP contribution < -0.4 is 5.73 Å². The number of hydrogen-bond donors (Lipinski definition) is 1. The van der Waals surface area contributed by atoms with E-state index in [4.69, 9.17) is 5.73 Å². The molecule has 10 heavy (non-hydrogen) atoms. The second-order valence-corrected chi connectivity index (χ2v) is 2.73. The molecule has 0 saturated heterocycles. The lowest BCUT2D eigenvalue weighted by Gasteiger charge is -1.97. The third-order valence-electron chi connectivity index (χ3n) is 1.56.